The van der Waals surface area contributed by atoms with Crippen LogP contribution < -0.4 is 62.2 Å². The quantitative estimate of drug-likeness (QED) is 0.0596. The van der Waals surface area contributed by atoms with E-state index in [1.807, 2.05) is 42.5 Å². The van der Waals surface area contributed by atoms with E-state index >= 15 is 0 Å². The largest absolute Gasteiger partial charge is 0.309 e. The summed E-state index contributed by atoms with van der Waals surface area (Å²) in [5, 5.41) is 16.1. The number of benzene rings is 19. The summed E-state index contributed by atoms with van der Waals surface area (Å²) in [7, 11) is -10.2. The molecule has 19 aromatic carbocycles. The molecule has 2 atom stereocenters. The van der Waals surface area contributed by atoms with Crippen LogP contribution in [0, 0.1) is 0 Å². The number of rotatable bonds is 18. The Bertz CT molecular complexity index is 7320. The van der Waals surface area contributed by atoms with Crippen molar-refractivity contribution < 1.29 is 13.7 Å². The Morgan fingerprint density at radius 2 is 0.542 bits per heavy atom. The molecule has 20 aromatic rings. The molecule has 1 aromatic heterocycles. The molecule has 0 N–H and O–H groups in total. The Kier molecular flexibility index (Phi) is 15.6. The molecule has 564 valence electrons. The summed E-state index contributed by atoms with van der Waals surface area (Å²) in [6.45, 7) is 0. The smallest absolute Gasteiger partial charge is 0.179 e. The Morgan fingerprint density at radius 3 is 1.00 bits per heavy atom. The van der Waals surface area contributed by atoms with Gasteiger partial charge in [0.05, 0.1) is 30.4 Å². The average molecular weight is 1590 g/mol. The number of aromatic nitrogens is 1. The molecule has 3 aliphatic rings. The standard InChI is InChI=1S/C116H83NSi3/c1-10-39-82(40-11-1)84-43-32-63-98(77-84)120(95-59-26-9-27-60-95,99-64-33-44-85(78-99)83-41-12-2-13-42-83)111-74-38-71-106-113-103-66-28-29-67-104(103)116(115(106)111)114-105(113)70-37-73-110(114)117-108-72-31-30-65-102(108)107-81-88(75-76-109(107)117)112-100(86-45-34-61-96(79-86)118(89-47-14-3-15-48-89,90-49-16-4-17-50-90)91-51-18-5-19-52-91)68-36-69-101(112)87-46-35-62-97(80-87)119(92-53-20-6-21-54-92,93-55-22-7-23-56-93)94-57-24-8-25-58-94/h1-81,113,116H/i1D,2D,10D,11D,12D,13D,39D,40D,41D,42D. The van der Waals surface area contributed by atoms with Crippen molar-refractivity contribution in [3.63, 3.8) is 0 Å². The van der Waals surface area contributed by atoms with E-state index in [0.717, 1.165) is 104 Å². The maximum atomic E-state index is 9.48. The average Bonchev–Trinajstić information content (AvgIpc) is 0.919. The Morgan fingerprint density at radius 1 is 0.208 bits per heavy atom. The number of hydrogen-bond acceptors (Lipinski definition) is 0. The summed E-state index contributed by atoms with van der Waals surface area (Å²) in [6, 6.07) is 154. The highest BCUT2D eigenvalue weighted by molar-refractivity contribution is 7.21. The summed E-state index contributed by atoms with van der Waals surface area (Å²) >= 11 is 0. The van der Waals surface area contributed by atoms with Crippen molar-refractivity contribution in [2.45, 2.75) is 11.8 Å². The molecular weight excluding hydrogens is 1490 g/mol. The third-order valence-corrected chi connectivity index (χ3v) is 39.9. The van der Waals surface area contributed by atoms with Gasteiger partial charge in [0.15, 0.2) is 24.2 Å². The molecule has 0 saturated carbocycles. The van der Waals surface area contributed by atoms with E-state index < -0.39 is 66.4 Å². The molecule has 2 unspecified atom stereocenters. The normalized spacial score (nSPS) is 14.7. The molecule has 4 heteroatoms. The minimum absolute atomic E-state index is 0.0705. The van der Waals surface area contributed by atoms with Crippen molar-refractivity contribution in [1.82, 2.24) is 4.57 Å². The third-order valence-electron chi connectivity index (χ3n) is 25.6. The molecule has 2 bridgehead atoms. The van der Waals surface area contributed by atoms with Crippen LogP contribution in [0.3, 0.4) is 0 Å². The topological polar surface area (TPSA) is 4.93 Å². The SMILES string of the molecule is [2H]c1c([2H])c([2H])c(-c2cccc([Si](c3ccccc3)(c3cccc(-c4c([2H])c([2H])c([2H])c([2H])c4[2H])c3)c3cccc4c3C3c5ccccc5C4c4cccc(-n5c6ccccc6c6cc(-c7c(-c8cccc([Si](c9ccccc9)(c9ccccc9)c9ccccc9)c8)cccc7-c7cccc([Si](c8ccccc8)(c8ccccc8)c8ccccc8)c7)ccc65)c43)c2)c([2H])c1[2H]. The van der Waals surface area contributed by atoms with Gasteiger partial charge in [-0.1, -0.05) is 467 Å². The number of hydrogen-bond donors (Lipinski definition) is 0. The molecule has 0 spiro atoms. The lowest BCUT2D eigenvalue weighted by atomic mass is 9.60. The zero-order chi connectivity index (χ0) is 88.3. The maximum Gasteiger partial charge on any atom is 0.179 e. The van der Waals surface area contributed by atoms with Crippen LogP contribution in [0.4, 0.5) is 0 Å². The summed E-state index contributed by atoms with van der Waals surface area (Å²) in [5.41, 5.74) is 17.6. The van der Waals surface area contributed by atoms with E-state index in [0.29, 0.717) is 11.1 Å². The number of nitrogens with zero attached hydrogens (tertiary/aromatic N) is 1. The molecule has 3 aliphatic carbocycles. The lowest BCUT2D eigenvalue weighted by molar-refractivity contribution is 0.752. The van der Waals surface area contributed by atoms with E-state index in [-0.39, 0.29) is 41.2 Å². The van der Waals surface area contributed by atoms with Gasteiger partial charge in [-0.15, -0.1) is 0 Å². The molecule has 0 fully saturated rings. The van der Waals surface area contributed by atoms with Gasteiger partial charge < -0.3 is 4.57 Å². The van der Waals surface area contributed by atoms with Crippen molar-refractivity contribution in [1.29, 1.82) is 0 Å². The van der Waals surface area contributed by atoms with Crippen LogP contribution in [-0.4, -0.2) is 28.8 Å². The van der Waals surface area contributed by atoms with Gasteiger partial charge in [0.1, 0.15) is 0 Å². The predicted molar refractivity (Wildman–Crippen MR) is 514 cm³/mol. The van der Waals surface area contributed by atoms with Gasteiger partial charge in [-0.2, -0.15) is 0 Å². The summed E-state index contributed by atoms with van der Waals surface area (Å²) < 4.78 is 93.9. The fourth-order valence-corrected chi connectivity index (χ4v) is 35.5. The first-order chi connectivity index (χ1) is 63.7. The van der Waals surface area contributed by atoms with E-state index in [9.17, 15) is 5.48 Å². The van der Waals surface area contributed by atoms with Crippen molar-refractivity contribution in [3.8, 4) is 61.3 Å². The second-order valence-corrected chi connectivity index (χ2v) is 42.9. The van der Waals surface area contributed by atoms with E-state index in [1.54, 1.807) is 0 Å². The highest BCUT2D eigenvalue weighted by Crippen LogP contribution is 2.58. The van der Waals surface area contributed by atoms with Crippen LogP contribution in [-0.2, 0) is 0 Å². The highest BCUT2D eigenvalue weighted by atomic mass is 28.3. The lowest BCUT2D eigenvalue weighted by Crippen LogP contribution is -2.75. The molecular formula is C116H83NSi3. The molecule has 23 rings (SSSR count). The van der Waals surface area contributed by atoms with Crippen LogP contribution in [0.5, 0.6) is 0 Å². The molecule has 1 heterocycles. The highest BCUT2D eigenvalue weighted by Gasteiger charge is 2.51. The molecule has 1 nitrogen and oxygen atoms in total. The Labute approximate surface area is 719 Å². The Hall–Kier alpha value is -14.4. The van der Waals surface area contributed by atoms with Gasteiger partial charge in [-0.05, 0) is 176 Å². The summed E-state index contributed by atoms with van der Waals surface area (Å²) in [6.07, 6.45) is 0. The lowest BCUT2D eigenvalue weighted by Gasteiger charge is -2.47. The van der Waals surface area contributed by atoms with Crippen LogP contribution >= 0.6 is 0 Å². The van der Waals surface area contributed by atoms with Gasteiger partial charge in [0.2, 0.25) is 0 Å². The van der Waals surface area contributed by atoms with Crippen LogP contribution in [0.25, 0.3) is 83.1 Å². The minimum Gasteiger partial charge on any atom is -0.309 e. The fraction of sp³-hybridized carbons (Fsp3) is 0.0172. The van der Waals surface area contributed by atoms with E-state index in [1.165, 1.54) is 52.6 Å². The second-order valence-electron chi connectivity index (χ2n) is 31.5. The van der Waals surface area contributed by atoms with Crippen LogP contribution in [0.15, 0.2) is 491 Å². The van der Waals surface area contributed by atoms with Gasteiger partial charge in [-0.25, -0.2) is 0 Å². The maximum absolute atomic E-state index is 9.48. The molecule has 120 heavy (non-hydrogen) atoms. The molecule has 0 aliphatic heterocycles. The first-order valence-corrected chi connectivity index (χ1v) is 47.2. The fourth-order valence-electron chi connectivity index (χ4n) is 20.8. The van der Waals surface area contributed by atoms with Gasteiger partial charge in [-0.3, -0.25) is 0 Å². The third kappa shape index (κ3) is 11.6. The van der Waals surface area contributed by atoms with Gasteiger partial charge in [0.25, 0.3) is 0 Å². The summed E-state index contributed by atoms with van der Waals surface area (Å²) in [5.74, 6) is -0.684. The van der Waals surface area contributed by atoms with E-state index in [4.69, 9.17) is 8.22 Å². The predicted octanol–water partition coefficient (Wildman–Crippen LogP) is 20.2. The minimum atomic E-state index is -4.03. The van der Waals surface area contributed by atoms with E-state index in [2.05, 4.69) is 393 Å². The molecule has 0 amide bonds. The monoisotopic (exact) mass is 1580 g/mol. The van der Waals surface area contributed by atoms with Crippen LogP contribution in [0.2, 0.25) is 0 Å². The van der Waals surface area contributed by atoms with Crippen molar-refractivity contribution in [3.05, 3.63) is 525 Å². The van der Waals surface area contributed by atoms with Crippen LogP contribution in [0.1, 0.15) is 58.9 Å². The van der Waals surface area contributed by atoms with Crippen molar-refractivity contribution in [2.24, 2.45) is 0 Å². The zero-order valence-electron chi connectivity index (χ0n) is 75.6. The van der Waals surface area contributed by atoms with Gasteiger partial charge >= 0.3 is 0 Å². The van der Waals surface area contributed by atoms with Gasteiger partial charge in [0, 0.05) is 22.6 Å². The number of para-hydroxylation sites is 1. The van der Waals surface area contributed by atoms with Crippen molar-refractivity contribution >= 4 is 108 Å². The molecule has 0 radical (unpaired) electrons. The summed E-state index contributed by atoms with van der Waals surface area (Å²) in [4.78, 5) is 0. The first-order valence-electron chi connectivity index (χ1n) is 46.2. The number of fused-ring (bicyclic) bond motifs is 3. The Balaban J connectivity index is 0.789. The second kappa shape index (κ2) is 30.3. The molecule has 0 saturated heterocycles. The zero-order valence-corrected chi connectivity index (χ0v) is 68.6. The van der Waals surface area contributed by atoms with Crippen molar-refractivity contribution in [2.75, 3.05) is 0 Å². The first kappa shape index (κ1) is 61.9.